The van der Waals surface area contributed by atoms with Gasteiger partial charge in [-0.1, -0.05) is 19.9 Å². The third-order valence-electron chi connectivity index (χ3n) is 3.31. The Hall–Kier alpha value is -1.56. The quantitative estimate of drug-likeness (QED) is 0.889. The van der Waals surface area contributed by atoms with Gasteiger partial charge < -0.3 is 15.3 Å². The molecule has 2 N–H and O–H groups in total. The largest absolute Gasteiger partial charge is 0.481 e. The Labute approximate surface area is 116 Å². The van der Waals surface area contributed by atoms with E-state index in [2.05, 4.69) is 19.2 Å². The second-order valence-electron chi connectivity index (χ2n) is 5.13. The molecule has 1 aromatic rings. The van der Waals surface area contributed by atoms with Gasteiger partial charge in [0, 0.05) is 18.0 Å². The molecule has 1 aliphatic heterocycles. The van der Waals surface area contributed by atoms with Gasteiger partial charge in [0.1, 0.15) is 0 Å². The first kappa shape index (κ1) is 13.9. The molecule has 1 saturated heterocycles. The molecule has 0 saturated carbocycles. The van der Waals surface area contributed by atoms with E-state index in [4.69, 9.17) is 5.11 Å². The number of thiophene rings is 1. The molecule has 0 aromatic carbocycles. The van der Waals surface area contributed by atoms with Crippen molar-refractivity contribution in [2.45, 2.75) is 19.9 Å². The number of hydrogen-bond acceptors (Lipinski definition) is 3. The minimum atomic E-state index is -0.831. The van der Waals surface area contributed by atoms with Gasteiger partial charge in [0.2, 0.25) is 0 Å². The van der Waals surface area contributed by atoms with E-state index in [1.165, 1.54) is 0 Å². The maximum atomic E-state index is 12.0. The van der Waals surface area contributed by atoms with E-state index >= 15 is 0 Å². The van der Waals surface area contributed by atoms with E-state index < -0.39 is 11.9 Å². The molecule has 19 heavy (non-hydrogen) atoms. The second-order valence-corrected chi connectivity index (χ2v) is 6.11. The third kappa shape index (κ3) is 3.07. The molecule has 0 aliphatic carbocycles. The molecular formula is C13H18N2O3S. The number of likely N-dealkylation sites (tertiary alicyclic amines) is 1. The number of carbonyl (C=O) groups excluding carboxylic acids is 1. The van der Waals surface area contributed by atoms with Crippen LogP contribution in [-0.4, -0.2) is 35.1 Å². The van der Waals surface area contributed by atoms with Crippen LogP contribution in [0.1, 0.15) is 24.8 Å². The average molecular weight is 282 g/mol. The van der Waals surface area contributed by atoms with Gasteiger partial charge in [-0.05, 0) is 17.4 Å². The first-order valence-electron chi connectivity index (χ1n) is 6.30. The Morgan fingerprint density at radius 1 is 1.47 bits per heavy atom. The Morgan fingerprint density at radius 3 is 2.63 bits per heavy atom. The van der Waals surface area contributed by atoms with Crippen molar-refractivity contribution in [1.82, 2.24) is 10.2 Å². The molecule has 1 aliphatic rings. The van der Waals surface area contributed by atoms with Crippen LogP contribution in [-0.2, 0) is 4.79 Å². The number of rotatable bonds is 4. The number of nitrogens with zero attached hydrogens (tertiary/aromatic N) is 1. The minimum Gasteiger partial charge on any atom is -0.481 e. The summed E-state index contributed by atoms with van der Waals surface area (Å²) in [7, 11) is 0. The van der Waals surface area contributed by atoms with E-state index in [0.717, 1.165) is 4.88 Å². The molecule has 0 radical (unpaired) electrons. The van der Waals surface area contributed by atoms with Crippen molar-refractivity contribution in [2.75, 3.05) is 13.1 Å². The summed E-state index contributed by atoms with van der Waals surface area (Å²) in [5.74, 6) is -0.952. The number of carboxylic acid groups (broad SMARTS) is 1. The van der Waals surface area contributed by atoms with Crippen LogP contribution < -0.4 is 5.32 Å². The van der Waals surface area contributed by atoms with Crippen molar-refractivity contribution >= 4 is 23.3 Å². The summed E-state index contributed by atoms with van der Waals surface area (Å²) in [6.45, 7) is 4.72. The number of nitrogens with one attached hydrogen (secondary N) is 1. The number of carbonyl (C=O) groups is 2. The van der Waals surface area contributed by atoms with Crippen molar-refractivity contribution in [3.8, 4) is 0 Å². The molecule has 1 aromatic heterocycles. The monoisotopic (exact) mass is 282 g/mol. The van der Waals surface area contributed by atoms with Crippen molar-refractivity contribution in [1.29, 1.82) is 0 Å². The molecule has 0 bridgehead atoms. The summed E-state index contributed by atoms with van der Waals surface area (Å²) in [4.78, 5) is 25.4. The van der Waals surface area contributed by atoms with Crippen molar-refractivity contribution in [3.63, 3.8) is 0 Å². The minimum absolute atomic E-state index is 0.0172. The van der Waals surface area contributed by atoms with E-state index in [1.54, 1.807) is 16.2 Å². The summed E-state index contributed by atoms with van der Waals surface area (Å²) in [6.07, 6.45) is 0. The van der Waals surface area contributed by atoms with Gasteiger partial charge in [0.15, 0.2) is 0 Å². The highest BCUT2D eigenvalue weighted by Crippen LogP contribution is 2.26. The molecule has 5 nitrogen and oxygen atoms in total. The van der Waals surface area contributed by atoms with E-state index in [9.17, 15) is 9.59 Å². The number of aliphatic carboxylic acids is 1. The van der Waals surface area contributed by atoms with Gasteiger partial charge in [-0.3, -0.25) is 4.79 Å². The zero-order chi connectivity index (χ0) is 14.0. The van der Waals surface area contributed by atoms with Crippen LogP contribution in [0.3, 0.4) is 0 Å². The average Bonchev–Trinajstić information content (AvgIpc) is 2.75. The number of carboxylic acids is 1. The fraction of sp³-hybridized carbons (Fsp3) is 0.538. The van der Waals surface area contributed by atoms with Gasteiger partial charge in [0.05, 0.1) is 12.0 Å². The zero-order valence-electron chi connectivity index (χ0n) is 11.0. The predicted molar refractivity (Wildman–Crippen MR) is 73.1 cm³/mol. The summed E-state index contributed by atoms with van der Waals surface area (Å²) in [6, 6.07) is 3.78. The van der Waals surface area contributed by atoms with E-state index in [1.807, 2.05) is 17.5 Å². The SMILES string of the molecule is CC(C)C(NC(=O)N1CC(C(=O)O)C1)c1cccs1. The fourth-order valence-electron chi connectivity index (χ4n) is 2.06. The smallest absolute Gasteiger partial charge is 0.317 e. The lowest BCUT2D eigenvalue weighted by Crippen LogP contribution is -2.56. The maximum absolute atomic E-state index is 12.0. The molecule has 0 spiro atoms. The molecule has 2 amide bonds. The van der Waals surface area contributed by atoms with E-state index in [0.29, 0.717) is 19.0 Å². The number of urea groups is 1. The van der Waals surface area contributed by atoms with Gasteiger partial charge in [-0.15, -0.1) is 11.3 Å². The predicted octanol–water partition coefficient (Wildman–Crippen LogP) is 2.17. The molecule has 2 heterocycles. The molecule has 6 heteroatoms. The lowest BCUT2D eigenvalue weighted by molar-refractivity contribution is -0.146. The highest BCUT2D eigenvalue weighted by molar-refractivity contribution is 7.10. The fourth-order valence-corrected chi connectivity index (χ4v) is 3.01. The lowest BCUT2D eigenvalue weighted by Gasteiger charge is -2.37. The molecule has 104 valence electrons. The van der Waals surface area contributed by atoms with Gasteiger partial charge >= 0.3 is 12.0 Å². The Morgan fingerprint density at radius 2 is 2.16 bits per heavy atom. The van der Waals surface area contributed by atoms with Crippen LogP contribution in [0.4, 0.5) is 4.79 Å². The maximum Gasteiger partial charge on any atom is 0.317 e. The lowest BCUT2D eigenvalue weighted by atomic mass is 10.0. The Bertz CT molecular complexity index is 452. The molecule has 1 unspecified atom stereocenters. The van der Waals surface area contributed by atoms with Crippen molar-refractivity contribution in [2.24, 2.45) is 11.8 Å². The summed E-state index contributed by atoms with van der Waals surface area (Å²) >= 11 is 1.62. The topological polar surface area (TPSA) is 69.6 Å². The number of hydrogen-bond donors (Lipinski definition) is 2. The van der Waals surface area contributed by atoms with Crippen LogP contribution >= 0.6 is 11.3 Å². The van der Waals surface area contributed by atoms with Gasteiger partial charge in [0.25, 0.3) is 0 Å². The highest BCUT2D eigenvalue weighted by atomic mass is 32.1. The number of amides is 2. The van der Waals surface area contributed by atoms with Gasteiger partial charge in [-0.2, -0.15) is 0 Å². The van der Waals surface area contributed by atoms with Crippen LogP contribution in [0.5, 0.6) is 0 Å². The summed E-state index contributed by atoms with van der Waals surface area (Å²) < 4.78 is 0. The first-order chi connectivity index (χ1) is 8.99. The molecule has 1 atom stereocenters. The molecule has 2 rings (SSSR count). The van der Waals surface area contributed by atoms with Crippen molar-refractivity contribution in [3.05, 3.63) is 22.4 Å². The van der Waals surface area contributed by atoms with Crippen molar-refractivity contribution < 1.29 is 14.7 Å². The highest BCUT2D eigenvalue weighted by Gasteiger charge is 2.36. The Kier molecular flexibility index (Phi) is 4.09. The third-order valence-corrected chi connectivity index (χ3v) is 4.27. The summed E-state index contributed by atoms with van der Waals surface area (Å²) in [5, 5.41) is 13.8. The zero-order valence-corrected chi connectivity index (χ0v) is 11.8. The van der Waals surface area contributed by atoms with Crippen LogP contribution in [0, 0.1) is 11.8 Å². The van der Waals surface area contributed by atoms with Crippen LogP contribution in [0.15, 0.2) is 17.5 Å². The molecular weight excluding hydrogens is 264 g/mol. The second kappa shape index (κ2) is 5.61. The van der Waals surface area contributed by atoms with Crippen LogP contribution in [0.2, 0.25) is 0 Å². The standard InChI is InChI=1S/C13H18N2O3S/c1-8(2)11(10-4-3-5-19-10)14-13(18)15-6-9(7-15)12(16)17/h3-5,8-9,11H,6-7H2,1-2H3,(H,14,18)(H,16,17). The van der Waals surface area contributed by atoms with Gasteiger partial charge in [-0.25, -0.2) is 4.79 Å². The molecule has 1 fully saturated rings. The Balaban J connectivity index is 1.92. The normalized spacial score (nSPS) is 17.1. The summed E-state index contributed by atoms with van der Waals surface area (Å²) in [5.41, 5.74) is 0. The van der Waals surface area contributed by atoms with E-state index in [-0.39, 0.29) is 12.1 Å². The first-order valence-corrected chi connectivity index (χ1v) is 7.18. The van der Waals surface area contributed by atoms with Crippen LogP contribution in [0.25, 0.3) is 0 Å².